The van der Waals surface area contributed by atoms with Crippen LogP contribution in [0, 0.1) is 0 Å². The van der Waals surface area contributed by atoms with Crippen molar-refractivity contribution >= 4 is 46.9 Å². The Kier molecular flexibility index (Phi) is 10.1. The summed E-state index contributed by atoms with van der Waals surface area (Å²) in [7, 11) is 2.36. The molecule has 35 heavy (non-hydrogen) atoms. The molecular weight excluding hydrogens is 480 g/mol. The molecule has 1 heterocycles. The molecule has 186 valence electrons. The zero-order valence-electron chi connectivity index (χ0n) is 19.6. The first-order valence-corrected chi connectivity index (χ1v) is 10.8. The number of nitrogens with zero attached hydrogens (tertiary/aromatic N) is 1. The van der Waals surface area contributed by atoms with Gasteiger partial charge in [-0.1, -0.05) is 17.7 Å². The van der Waals surface area contributed by atoms with Gasteiger partial charge in [-0.15, -0.1) is 0 Å². The van der Waals surface area contributed by atoms with Crippen molar-refractivity contribution in [1.29, 1.82) is 0 Å². The van der Waals surface area contributed by atoms with E-state index in [1.54, 1.807) is 38.1 Å². The normalized spacial score (nSPS) is 12.4. The van der Waals surface area contributed by atoms with Crippen LogP contribution in [0.4, 0.5) is 11.4 Å². The molecule has 0 spiro atoms. The Morgan fingerprint density at radius 1 is 0.971 bits per heavy atom. The van der Waals surface area contributed by atoms with Gasteiger partial charge in [0.25, 0.3) is 0 Å². The predicted molar refractivity (Wildman–Crippen MR) is 128 cm³/mol. The van der Waals surface area contributed by atoms with Crippen molar-refractivity contribution in [3.05, 3.63) is 70.7 Å². The molecule has 11 heteroatoms. The van der Waals surface area contributed by atoms with Gasteiger partial charge in [0, 0.05) is 17.4 Å². The quantitative estimate of drug-likeness (QED) is 0.176. The van der Waals surface area contributed by atoms with Crippen molar-refractivity contribution in [3.63, 3.8) is 0 Å². The fourth-order valence-corrected chi connectivity index (χ4v) is 3.11. The first kappa shape index (κ1) is 27.2. The molecular formula is C24H25ClN2O8. The van der Waals surface area contributed by atoms with Crippen LogP contribution in [0.1, 0.15) is 13.8 Å². The SMILES string of the molecule is CCOC(=O)C(=CNc1ccc(Cl)cc1N1C=CC=CC(C(=O)OC)=C1C(=O)OC)C(=O)OCC. The van der Waals surface area contributed by atoms with Crippen LogP contribution in [0.2, 0.25) is 5.02 Å². The van der Waals surface area contributed by atoms with E-state index in [0.29, 0.717) is 16.4 Å². The molecule has 0 atom stereocenters. The number of anilines is 2. The van der Waals surface area contributed by atoms with Gasteiger partial charge in [-0.2, -0.15) is 0 Å². The molecule has 0 saturated carbocycles. The summed E-state index contributed by atoms with van der Waals surface area (Å²) in [5, 5.41) is 3.17. The second kappa shape index (κ2) is 13.0. The first-order valence-electron chi connectivity index (χ1n) is 10.4. The second-order valence-electron chi connectivity index (χ2n) is 6.62. The Balaban J connectivity index is 2.65. The molecule has 1 aliphatic rings. The summed E-state index contributed by atoms with van der Waals surface area (Å²) >= 11 is 6.23. The number of carbonyl (C=O) groups excluding carboxylic acids is 4. The number of hydrogen-bond acceptors (Lipinski definition) is 10. The van der Waals surface area contributed by atoms with Crippen LogP contribution in [0.3, 0.4) is 0 Å². The van der Waals surface area contributed by atoms with E-state index in [0.717, 1.165) is 6.20 Å². The summed E-state index contributed by atoms with van der Waals surface area (Å²) in [6.45, 7) is 3.31. The molecule has 0 unspecified atom stereocenters. The second-order valence-corrected chi connectivity index (χ2v) is 7.06. The van der Waals surface area contributed by atoms with Crippen LogP contribution in [0.5, 0.6) is 0 Å². The number of rotatable bonds is 9. The molecule has 0 aromatic heterocycles. The Morgan fingerprint density at radius 2 is 1.60 bits per heavy atom. The topological polar surface area (TPSA) is 120 Å². The number of benzene rings is 1. The first-order chi connectivity index (χ1) is 16.8. The van der Waals surface area contributed by atoms with Crippen LogP contribution in [-0.2, 0) is 38.1 Å². The lowest BCUT2D eigenvalue weighted by Crippen LogP contribution is -2.27. The van der Waals surface area contributed by atoms with Gasteiger partial charge in [0.2, 0.25) is 0 Å². The van der Waals surface area contributed by atoms with Crippen LogP contribution in [-0.4, -0.2) is 51.3 Å². The molecule has 0 saturated heterocycles. The van der Waals surface area contributed by atoms with Crippen LogP contribution >= 0.6 is 11.6 Å². The number of hydrogen-bond donors (Lipinski definition) is 1. The number of nitrogens with one attached hydrogen (secondary N) is 1. The zero-order valence-corrected chi connectivity index (χ0v) is 20.4. The lowest BCUT2D eigenvalue weighted by Gasteiger charge is -2.25. The average Bonchev–Trinajstić information content (AvgIpc) is 3.07. The summed E-state index contributed by atoms with van der Waals surface area (Å²) in [5.74, 6) is -3.34. The monoisotopic (exact) mass is 504 g/mol. The van der Waals surface area contributed by atoms with Crippen LogP contribution < -0.4 is 10.2 Å². The van der Waals surface area contributed by atoms with E-state index >= 15 is 0 Å². The number of ether oxygens (including phenoxy) is 4. The summed E-state index contributed by atoms with van der Waals surface area (Å²) in [4.78, 5) is 51.1. The third kappa shape index (κ3) is 6.73. The number of esters is 4. The molecule has 1 N–H and O–H groups in total. The summed E-state index contributed by atoms with van der Waals surface area (Å²) in [5.41, 5.74) is 0.0288. The summed E-state index contributed by atoms with van der Waals surface area (Å²) < 4.78 is 19.6. The smallest absolute Gasteiger partial charge is 0.355 e. The summed E-state index contributed by atoms with van der Waals surface area (Å²) in [6.07, 6.45) is 7.18. The molecule has 0 fully saturated rings. The maximum atomic E-state index is 12.7. The summed E-state index contributed by atoms with van der Waals surface area (Å²) in [6, 6.07) is 4.62. The maximum absolute atomic E-state index is 12.7. The number of halogens is 1. The molecule has 0 radical (unpaired) electrons. The van der Waals surface area contributed by atoms with Gasteiger partial charge < -0.3 is 29.2 Å². The van der Waals surface area contributed by atoms with E-state index in [1.807, 2.05) is 0 Å². The third-order valence-electron chi connectivity index (χ3n) is 4.47. The average molecular weight is 505 g/mol. The Hall–Kier alpha value is -4.05. The zero-order chi connectivity index (χ0) is 26.0. The molecule has 0 amide bonds. The predicted octanol–water partition coefficient (Wildman–Crippen LogP) is 3.25. The van der Waals surface area contributed by atoms with Gasteiger partial charge >= 0.3 is 23.9 Å². The highest BCUT2D eigenvalue weighted by atomic mass is 35.5. The van der Waals surface area contributed by atoms with Gasteiger partial charge in [0.05, 0.1) is 44.4 Å². The molecule has 2 rings (SSSR count). The lowest BCUT2D eigenvalue weighted by atomic mass is 10.1. The fraction of sp³-hybridized carbons (Fsp3) is 0.250. The van der Waals surface area contributed by atoms with Crippen molar-refractivity contribution in [2.24, 2.45) is 0 Å². The van der Waals surface area contributed by atoms with Gasteiger partial charge in [-0.25, -0.2) is 19.2 Å². The number of methoxy groups -OCH3 is 2. The minimum atomic E-state index is -0.879. The third-order valence-corrected chi connectivity index (χ3v) is 4.71. The standard InChI is InChI=1S/C24H25ClN2O8/c1-5-34-22(29)17(23(30)35-6-2)14-26-18-11-10-15(25)13-19(18)27-12-8-7-9-16(21(28)32-3)20(27)24(31)33-4/h7-14,26H,5-6H2,1-4H3. The lowest BCUT2D eigenvalue weighted by molar-refractivity contribution is -0.146. The minimum Gasteiger partial charge on any atom is -0.465 e. The van der Waals surface area contributed by atoms with Gasteiger partial charge in [0.15, 0.2) is 5.57 Å². The Bertz CT molecular complexity index is 1100. The maximum Gasteiger partial charge on any atom is 0.355 e. The highest BCUT2D eigenvalue weighted by Gasteiger charge is 2.29. The number of allylic oxidation sites excluding steroid dienone is 2. The van der Waals surface area contributed by atoms with Gasteiger partial charge in [-0.3, -0.25) is 0 Å². The van der Waals surface area contributed by atoms with Gasteiger partial charge in [-0.05, 0) is 44.2 Å². The molecule has 1 aliphatic heterocycles. The minimum absolute atomic E-state index is 0.0525. The van der Waals surface area contributed by atoms with Crippen LogP contribution in [0.25, 0.3) is 0 Å². The highest BCUT2D eigenvalue weighted by molar-refractivity contribution is 6.31. The Morgan fingerprint density at radius 3 is 2.17 bits per heavy atom. The van der Waals surface area contributed by atoms with Crippen LogP contribution in [0.15, 0.2) is 65.7 Å². The molecule has 1 aromatic carbocycles. The van der Waals surface area contributed by atoms with Crippen molar-refractivity contribution in [2.75, 3.05) is 37.7 Å². The van der Waals surface area contributed by atoms with Gasteiger partial charge in [0.1, 0.15) is 5.70 Å². The van der Waals surface area contributed by atoms with E-state index in [2.05, 4.69) is 5.32 Å². The van der Waals surface area contributed by atoms with E-state index < -0.39 is 23.9 Å². The van der Waals surface area contributed by atoms with Crippen molar-refractivity contribution in [2.45, 2.75) is 13.8 Å². The molecule has 1 aromatic rings. The van der Waals surface area contributed by atoms with E-state index in [4.69, 9.17) is 30.5 Å². The van der Waals surface area contributed by atoms with E-state index in [-0.39, 0.29) is 30.1 Å². The van der Waals surface area contributed by atoms with Crippen molar-refractivity contribution in [3.8, 4) is 0 Å². The van der Waals surface area contributed by atoms with E-state index in [9.17, 15) is 19.2 Å². The largest absolute Gasteiger partial charge is 0.465 e. The Labute approximate surface area is 207 Å². The molecule has 0 aliphatic carbocycles. The highest BCUT2D eigenvalue weighted by Crippen LogP contribution is 2.35. The van der Waals surface area contributed by atoms with Crippen molar-refractivity contribution < 1.29 is 38.1 Å². The molecule has 0 bridgehead atoms. The fourth-order valence-electron chi connectivity index (χ4n) is 2.95. The van der Waals surface area contributed by atoms with Crippen molar-refractivity contribution in [1.82, 2.24) is 0 Å². The van der Waals surface area contributed by atoms with E-state index in [1.165, 1.54) is 37.5 Å². The molecule has 10 nitrogen and oxygen atoms in total. The number of carbonyl (C=O) groups is 4.